The first-order chi connectivity index (χ1) is 41.1. The highest BCUT2D eigenvalue weighted by Gasteiger charge is 2.30. The molecule has 0 aromatic heterocycles. The number of rotatable bonds is 64. The molecule has 0 aliphatic heterocycles. The zero-order valence-corrected chi connectivity index (χ0v) is 57.7. The molecule has 0 rings (SSSR count). The molecule has 17 nitrogen and oxygen atoms in total. The van der Waals surface area contributed by atoms with Crippen molar-refractivity contribution in [2.45, 2.75) is 343 Å². The number of esters is 4. The lowest BCUT2D eigenvalue weighted by Gasteiger charge is -2.21. The number of carbonyl (C=O) groups is 4. The molecule has 0 amide bonds. The molecule has 0 fully saturated rings. The highest BCUT2D eigenvalue weighted by Crippen LogP contribution is 2.45. The number of unbranched alkanes of at least 4 members (excludes halogenated alkanes) is 30. The van der Waals surface area contributed by atoms with Gasteiger partial charge in [0.05, 0.1) is 26.4 Å². The Kier molecular flexibility index (Phi) is 55.7. The second kappa shape index (κ2) is 57.0. The van der Waals surface area contributed by atoms with Crippen molar-refractivity contribution in [1.82, 2.24) is 0 Å². The number of phosphoric ester groups is 2. The van der Waals surface area contributed by atoms with Crippen LogP contribution in [0.2, 0.25) is 0 Å². The highest BCUT2D eigenvalue weighted by molar-refractivity contribution is 7.47. The summed E-state index contributed by atoms with van der Waals surface area (Å²) in [5.74, 6) is 0.735. The lowest BCUT2D eigenvalue weighted by atomic mass is 10.0. The fraction of sp³-hybridized carbons (Fsp3) is 0.940. The van der Waals surface area contributed by atoms with E-state index in [0.29, 0.717) is 43.4 Å². The standard InChI is InChI=1S/C67H130O17P2/c1-57(2)43-35-27-19-15-13-11-9-10-12-14-16-22-33-41-49-66(71)83-62(53-77-64(69)47-39-31-23-17-20-28-36-44-58(3)4)55-81-85(73,74)79-51-61(68)52-80-86(75,76)82-56-63(84-67(72)50-42-34-26-25-30-38-46-60(7)8)54-78-65(70)48-40-32-24-18-21-29-37-45-59(5)6/h57-63,68H,9-56H2,1-8H3,(H,73,74)(H,75,76)/t61?,62-,63-/m1/s1. The lowest BCUT2D eigenvalue weighted by Crippen LogP contribution is -2.30. The van der Waals surface area contributed by atoms with Crippen LogP contribution in [-0.4, -0.2) is 96.7 Å². The molecule has 0 heterocycles. The van der Waals surface area contributed by atoms with Gasteiger partial charge in [0, 0.05) is 25.7 Å². The largest absolute Gasteiger partial charge is 0.472 e. The van der Waals surface area contributed by atoms with Gasteiger partial charge in [-0.1, -0.05) is 274 Å². The molecule has 3 unspecified atom stereocenters. The van der Waals surface area contributed by atoms with Crippen LogP contribution in [-0.2, 0) is 65.4 Å². The molecule has 0 aliphatic rings. The smallest absolute Gasteiger partial charge is 0.462 e. The second-order valence-corrected chi connectivity index (χ2v) is 29.0. The molecule has 0 aliphatic carbocycles. The quantitative estimate of drug-likeness (QED) is 0.0222. The van der Waals surface area contributed by atoms with Crippen molar-refractivity contribution in [3.8, 4) is 0 Å². The summed E-state index contributed by atoms with van der Waals surface area (Å²) < 4.78 is 68.1. The number of ether oxygens (including phenoxy) is 4. The van der Waals surface area contributed by atoms with Crippen LogP contribution < -0.4 is 0 Å². The zero-order valence-electron chi connectivity index (χ0n) is 55.9. The second-order valence-electron chi connectivity index (χ2n) is 26.1. The Bertz CT molecular complexity index is 1710. The summed E-state index contributed by atoms with van der Waals surface area (Å²) in [5, 5.41) is 10.5. The van der Waals surface area contributed by atoms with Crippen molar-refractivity contribution < 1.29 is 80.2 Å². The maximum Gasteiger partial charge on any atom is 0.472 e. The summed E-state index contributed by atoms with van der Waals surface area (Å²) in [4.78, 5) is 72.3. The molecular weight excluding hydrogens is 1140 g/mol. The molecule has 0 saturated carbocycles. The van der Waals surface area contributed by atoms with E-state index in [1.807, 2.05) is 0 Å². The predicted octanol–water partition coefficient (Wildman–Crippen LogP) is 18.5. The Morgan fingerprint density at radius 2 is 0.488 bits per heavy atom. The summed E-state index contributed by atoms with van der Waals surface area (Å²) >= 11 is 0. The third-order valence-electron chi connectivity index (χ3n) is 15.3. The summed E-state index contributed by atoms with van der Waals surface area (Å²) in [6.07, 6.45) is 37.9. The number of phosphoric acid groups is 2. The van der Waals surface area contributed by atoms with E-state index < -0.39 is 97.5 Å². The van der Waals surface area contributed by atoms with E-state index in [2.05, 4.69) is 55.4 Å². The molecular formula is C67H130O17P2. The predicted molar refractivity (Wildman–Crippen MR) is 344 cm³/mol. The van der Waals surface area contributed by atoms with Crippen LogP contribution in [0.1, 0.15) is 325 Å². The van der Waals surface area contributed by atoms with Gasteiger partial charge >= 0.3 is 39.5 Å². The van der Waals surface area contributed by atoms with Crippen LogP contribution in [0.4, 0.5) is 0 Å². The minimum atomic E-state index is -4.95. The molecule has 0 saturated heterocycles. The zero-order chi connectivity index (χ0) is 63.9. The molecule has 5 atom stereocenters. The number of aliphatic hydroxyl groups is 1. The first-order valence-corrected chi connectivity index (χ1v) is 37.7. The first-order valence-electron chi connectivity index (χ1n) is 34.7. The molecule has 0 radical (unpaired) electrons. The minimum absolute atomic E-state index is 0.101. The summed E-state index contributed by atoms with van der Waals surface area (Å²) in [6, 6.07) is 0. The first kappa shape index (κ1) is 84.1. The van der Waals surface area contributed by atoms with E-state index >= 15 is 0 Å². The van der Waals surface area contributed by atoms with Crippen LogP contribution in [0.25, 0.3) is 0 Å². The highest BCUT2D eigenvalue weighted by atomic mass is 31.2. The third kappa shape index (κ3) is 60.9. The number of aliphatic hydroxyl groups excluding tert-OH is 1. The van der Waals surface area contributed by atoms with Gasteiger partial charge in [0.25, 0.3) is 0 Å². The minimum Gasteiger partial charge on any atom is -0.462 e. The van der Waals surface area contributed by atoms with Gasteiger partial charge < -0.3 is 33.8 Å². The van der Waals surface area contributed by atoms with E-state index in [0.717, 1.165) is 109 Å². The Morgan fingerprint density at radius 3 is 0.721 bits per heavy atom. The van der Waals surface area contributed by atoms with Crippen molar-refractivity contribution in [3.05, 3.63) is 0 Å². The van der Waals surface area contributed by atoms with Gasteiger partial charge in [-0.15, -0.1) is 0 Å². The van der Waals surface area contributed by atoms with Crippen molar-refractivity contribution >= 4 is 39.5 Å². The van der Waals surface area contributed by atoms with Crippen LogP contribution in [0.15, 0.2) is 0 Å². The Balaban J connectivity index is 5.21. The van der Waals surface area contributed by atoms with Gasteiger partial charge in [-0.2, -0.15) is 0 Å². The monoisotopic (exact) mass is 1270 g/mol. The Labute approximate surface area is 524 Å². The molecule has 3 N–H and O–H groups in total. The summed E-state index contributed by atoms with van der Waals surface area (Å²) in [7, 11) is -9.89. The van der Waals surface area contributed by atoms with Crippen molar-refractivity contribution in [3.63, 3.8) is 0 Å². The topological polar surface area (TPSA) is 237 Å². The van der Waals surface area contributed by atoms with E-state index in [1.165, 1.54) is 116 Å². The van der Waals surface area contributed by atoms with Gasteiger partial charge in [-0.05, 0) is 49.4 Å². The number of hydrogen-bond acceptors (Lipinski definition) is 15. The van der Waals surface area contributed by atoms with Crippen LogP contribution in [0.3, 0.4) is 0 Å². The number of carbonyl (C=O) groups excluding carboxylic acids is 4. The summed E-state index contributed by atoms with van der Waals surface area (Å²) in [5.41, 5.74) is 0. The van der Waals surface area contributed by atoms with Gasteiger partial charge in [0.15, 0.2) is 12.2 Å². The van der Waals surface area contributed by atoms with Crippen LogP contribution in [0.5, 0.6) is 0 Å². The van der Waals surface area contributed by atoms with Crippen molar-refractivity contribution in [2.24, 2.45) is 23.7 Å². The molecule has 86 heavy (non-hydrogen) atoms. The van der Waals surface area contributed by atoms with Gasteiger partial charge in [-0.25, -0.2) is 9.13 Å². The van der Waals surface area contributed by atoms with Crippen molar-refractivity contribution in [2.75, 3.05) is 39.6 Å². The average Bonchev–Trinajstić information content (AvgIpc) is 3.52. The maximum absolute atomic E-state index is 13.0. The van der Waals surface area contributed by atoms with E-state index in [-0.39, 0.29) is 25.7 Å². The van der Waals surface area contributed by atoms with Crippen molar-refractivity contribution in [1.29, 1.82) is 0 Å². The average molecular weight is 1270 g/mol. The van der Waals surface area contributed by atoms with E-state index in [9.17, 15) is 43.2 Å². The van der Waals surface area contributed by atoms with Gasteiger partial charge in [-0.3, -0.25) is 37.3 Å². The van der Waals surface area contributed by atoms with Crippen LogP contribution >= 0.6 is 15.6 Å². The molecule has 510 valence electrons. The van der Waals surface area contributed by atoms with E-state index in [1.54, 1.807) is 0 Å². The number of hydrogen-bond donors (Lipinski definition) is 3. The maximum atomic E-state index is 13.0. The van der Waals surface area contributed by atoms with E-state index in [4.69, 9.17) is 37.0 Å². The normalized spacial score (nSPS) is 14.4. The molecule has 0 bridgehead atoms. The lowest BCUT2D eigenvalue weighted by molar-refractivity contribution is -0.161. The SMILES string of the molecule is CC(C)CCCCCCCCCCCCCCCCC(=O)O[C@H](COC(=O)CCCCCCCCCC(C)C)COP(=O)(O)OCC(O)COP(=O)(O)OC[C@@H](COC(=O)CCCCCCCCCC(C)C)OC(=O)CCCCCCCCC(C)C. The third-order valence-corrected chi connectivity index (χ3v) is 17.2. The van der Waals surface area contributed by atoms with Gasteiger partial charge in [0.1, 0.15) is 19.3 Å². The Hall–Kier alpha value is -1.94. The molecule has 0 spiro atoms. The molecule has 0 aromatic rings. The van der Waals surface area contributed by atoms with Crippen LogP contribution in [0, 0.1) is 23.7 Å². The fourth-order valence-corrected chi connectivity index (χ4v) is 11.5. The van der Waals surface area contributed by atoms with Gasteiger partial charge in [0.2, 0.25) is 0 Å². The summed E-state index contributed by atoms with van der Waals surface area (Å²) in [6.45, 7) is 13.9. The fourth-order valence-electron chi connectivity index (χ4n) is 9.96. The Morgan fingerprint density at radius 1 is 0.291 bits per heavy atom. The molecule has 0 aromatic carbocycles. The molecule has 19 heteroatoms.